The lowest BCUT2D eigenvalue weighted by Gasteiger charge is -2.20. The number of H-pyrrole nitrogens is 2. The molecule has 0 aliphatic carbocycles. The summed E-state index contributed by atoms with van der Waals surface area (Å²) in [4.78, 5) is 11.8. The van der Waals surface area contributed by atoms with Crippen molar-refractivity contribution in [2.45, 2.75) is 54.0 Å². The Bertz CT molecular complexity index is 1130. The highest BCUT2D eigenvalue weighted by Gasteiger charge is 2.11. The van der Waals surface area contributed by atoms with Crippen LogP contribution >= 0.6 is 0 Å². The Hall–Kier alpha value is -2.96. The second-order valence-electron chi connectivity index (χ2n) is 8.66. The Balaban J connectivity index is 0.000000309. The van der Waals surface area contributed by atoms with Gasteiger partial charge in [-0.25, -0.2) is 9.97 Å². The van der Waals surface area contributed by atoms with Crippen LogP contribution in [0.4, 0.5) is 0 Å². The molecule has 0 unspecified atom stereocenters. The summed E-state index contributed by atoms with van der Waals surface area (Å²) < 4.78 is 0. The number of aryl methyl sites for hydroxylation is 2. The van der Waals surface area contributed by atoms with Crippen molar-refractivity contribution in [1.82, 2.24) is 30.4 Å². The van der Waals surface area contributed by atoms with Crippen LogP contribution in [-0.2, 0) is 6.54 Å². The molecule has 0 saturated heterocycles. The van der Waals surface area contributed by atoms with Gasteiger partial charge >= 0.3 is 0 Å². The maximum absolute atomic E-state index is 4.76. The van der Waals surface area contributed by atoms with Crippen LogP contribution in [0.1, 0.15) is 50.6 Å². The van der Waals surface area contributed by atoms with Crippen LogP contribution < -0.4 is 10.7 Å². The molecule has 4 aromatic rings. The Labute approximate surface area is 204 Å². The Morgan fingerprint density at radius 2 is 1.56 bits per heavy atom. The number of aromatic nitrogens is 4. The number of likely N-dealkylation sites (N-methyl/N-ethyl adjacent to an activating group) is 1. The van der Waals surface area contributed by atoms with Crippen molar-refractivity contribution in [3.8, 4) is 0 Å². The van der Waals surface area contributed by atoms with Crippen molar-refractivity contribution >= 4 is 28.5 Å². The van der Waals surface area contributed by atoms with Crippen LogP contribution in [0, 0.1) is 13.8 Å². The van der Waals surface area contributed by atoms with Crippen molar-refractivity contribution in [1.29, 1.82) is 0 Å². The molecule has 0 saturated carbocycles. The lowest BCUT2D eigenvalue weighted by Crippen LogP contribution is -2.31. The van der Waals surface area contributed by atoms with Crippen LogP contribution in [0.2, 0.25) is 0 Å². The predicted octanol–water partition coefficient (Wildman–Crippen LogP) is 5.28. The second-order valence-corrected chi connectivity index (χ2v) is 8.66. The summed E-state index contributed by atoms with van der Waals surface area (Å²) >= 11 is 0. The van der Waals surface area contributed by atoms with Crippen molar-refractivity contribution in [3.05, 3.63) is 64.8 Å². The van der Waals surface area contributed by atoms with E-state index in [2.05, 4.69) is 85.9 Å². The molecule has 0 radical (unpaired) electrons. The van der Waals surface area contributed by atoms with Crippen LogP contribution in [0.3, 0.4) is 0 Å². The molecule has 2 heterocycles. The van der Waals surface area contributed by atoms with Crippen molar-refractivity contribution in [3.63, 3.8) is 0 Å². The van der Waals surface area contributed by atoms with E-state index in [1.807, 2.05) is 25.2 Å². The summed E-state index contributed by atoms with van der Waals surface area (Å²) in [6, 6.07) is 14.6. The van der Waals surface area contributed by atoms with Crippen LogP contribution in [0.25, 0.3) is 28.5 Å². The molecule has 2 aromatic heterocycles. The molecule has 4 rings (SSSR count). The third-order valence-electron chi connectivity index (χ3n) is 5.23. The zero-order valence-corrected chi connectivity index (χ0v) is 21.8. The lowest BCUT2D eigenvalue weighted by atomic mass is 10.1. The first-order chi connectivity index (χ1) is 16.4. The van der Waals surface area contributed by atoms with Gasteiger partial charge in [-0.15, -0.1) is 0 Å². The first-order valence-electron chi connectivity index (χ1n) is 12.3. The number of benzene rings is 2. The van der Waals surface area contributed by atoms with Gasteiger partial charge in [0.1, 0.15) is 5.82 Å². The Kier molecular flexibility index (Phi) is 11.5. The number of rotatable bonds is 7. The average molecular weight is 463 g/mol. The minimum atomic E-state index is 0.755. The van der Waals surface area contributed by atoms with E-state index >= 15 is 0 Å². The number of aromatic amines is 2. The first kappa shape index (κ1) is 27.3. The highest BCUT2D eigenvalue weighted by Crippen LogP contribution is 2.20. The molecule has 0 bridgehead atoms. The molecule has 34 heavy (non-hydrogen) atoms. The summed E-state index contributed by atoms with van der Waals surface area (Å²) in [5, 5.41) is 12.4. The van der Waals surface area contributed by atoms with Gasteiger partial charge in [-0.05, 0) is 39.9 Å². The Morgan fingerprint density at radius 3 is 2.15 bits per heavy atom. The van der Waals surface area contributed by atoms with E-state index in [4.69, 9.17) is 9.97 Å². The number of nitrogens with one attached hydrogen (secondary N) is 3. The highest BCUT2D eigenvalue weighted by atomic mass is 15.2. The molecule has 0 amide bonds. The monoisotopic (exact) mass is 462 g/mol. The maximum Gasteiger partial charge on any atom is 0.156 e. The van der Waals surface area contributed by atoms with Gasteiger partial charge < -0.3 is 5.32 Å². The smallest absolute Gasteiger partial charge is 0.156 e. The molecule has 6 heteroatoms. The van der Waals surface area contributed by atoms with Gasteiger partial charge in [0.15, 0.2) is 5.65 Å². The van der Waals surface area contributed by atoms with E-state index in [-0.39, 0.29) is 0 Å². The summed E-state index contributed by atoms with van der Waals surface area (Å²) in [6.45, 7) is 18.4. The highest BCUT2D eigenvalue weighted by molar-refractivity contribution is 6.04. The SMILES string of the molecule is C=c1[nH][nH]c2nc(CN(CCC)CCNC)nc3cccc1c32.CCC.Cc1ccc(C)cc1. The lowest BCUT2D eigenvalue weighted by molar-refractivity contribution is 0.262. The molecule has 0 atom stereocenters. The van der Waals surface area contributed by atoms with E-state index in [9.17, 15) is 0 Å². The van der Waals surface area contributed by atoms with Crippen LogP contribution in [-0.4, -0.2) is 51.7 Å². The van der Waals surface area contributed by atoms with Gasteiger partial charge in [0.25, 0.3) is 0 Å². The van der Waals surface area contributed by atoms with E-state index in [0.29, 0.717) is 0 Å². The van der Waals surface area contributed by atoms with E-state index in [1.165, 1.54) is 17.5 Å². The summed E-state index contributed by atoms with van der Waals surface area (Å²) in [7, 11) is 1.98. The summed E-state index contributed by atoms with van der Waals surface area (Å²) in [6.07, 6.45) is 2.37. The van der Waals surface area contributed by atoms with Gasteiger partial charge in [-0.2, -0.15) is 0 Å². The van der Waals surface area contributed by atoms with Gasteiger partial charge in [0, 0.05) is 18.5 Å². The topological polar surface area (TPSA) is 72.6 Å². The fourth-order valence-corrected chi connectivity index (χ4v) is 3.54. The Morgan fingerprint density at radius 1 is 0.912 bits per heavy atom. The first-order valence-corrected chi connectivity index (χ1v) is 12.3. The normalized spacial score (nSPS) is 10.7. The quantitative estimate of drug-likeness (QED) is 0.349. The standard InChI is InChI=1S/C17H24N6.C8H10.C3H8/c1-4-9-23(10-8-18-3)11-15-19-14-7-5-6-13-12(2)21-22-17(20-15)16(13)14;1-7-3-5-8(2)6-4-7;1-3-2/h5-7,18,21H,2,4,8-11H2,1,3H3,(H,19,20,22);3-6H,1-2H3;3H2,1-2H3. The number of hydrogen-bond acceptors (Lipinski definition) is 4. The van der Waals surface area contributed by atoms with Crippen LogP contribution in [0.15, 0.2) is 42.5 Å². The van der Waals surface area contributed by atoms with Gasteiger partial charge in [-0.3, -0.25) is 15.1 Å². The molecule has 0 aliphatic heterocycles. The van der Waals surface area contributed by atoms with Gasteiger partial charge in [0.2, 0.25) is 0 Å². The molecule has 2 aromatic carbocycles. The van der Waals surface area contributed by atoms with E-state index in [0.717, 1.165) is 65.7 Å². The zero-order chi connectivity index (χ0) is 24.9. The van der Waals surface area contributed by atoms with Crippen molar-refractivity contribution in [2.75, 3.05) is 26.7 Å². The zero-order valence-electron chi connectivity index (χ0n) is 21.8. The fraction of sp³-hybridized carbons (Fsp3) is 0.429. The van der Waals surface area contributed by atoms with Crippen molar-refractivity contribution < 1.29 is 0 Å². The predicted molar refractivity (Wildman–Crippen MR) is 147 cm³/mol. The minimum Gasteiger partial charge on any atom is -0.318 e. The fourth-order valence-electron chi connectivity index (χ4n) is 3.54. The van der Waals surface area contributed by atoms with E-state index < -0.39 is 0 Å². The largest absolute Gasteiger partial charge is 0.318 e. The second kappa shape index (κ2) is 14.3. The minimum absolute atomic E-state index is 0.755. The number of hydrogen-bond donors (Lipinski definition) is 3. The molecule has 0 spiro atoms. The molecule has 6 nitrogen and oxygen atoms in total. The molecule has 0 fully saturated rings. The summed E-state index contributed by atoms with van der Waals surface area (Å²) in [5.74, 6) is 0.844. The molecule has 3 N–H and O–H groups in total. The summed E-state index contributed by atoms with van der Waals surface area (Å²) in [5.41, 5.74) is 4.45. The molecular weight excluding hydrogens is 420 g/mol. The third-order valence-corrected chi connectivity index (χ3v) is 5.23. The number of nitrogens with zero attached hydrogens (tertiary/aromatic N) is 3. The van der Waals surface area contributed by atoms with Gasteiger partial charge in [0.05, 0.1) is 22.8 Å². The average Bonchev–Trinajstić information content (AvgIpc) is 2.83. The van der Waals surface area contributed by atoms with Crippen LogP contribution in [0.5, 0.6) is 0 Å². The van der Waals surface area contributed by atoms with E-state index in [1.54, 1.807) is 0 Å². The molecule has 0 aliphatic rings. The third kappa shape index (κ3) is 8.12. The van der Waals surface area contributed by atoms with Crippen molar-refractivity contribution in [2.24, 2.45) is 0 Å². The van der Waals surface area contributed by atoms with Gasteiger partial charge in [-0.1, -0.05) is 81.3 Å². The maximum atomic E-state index is 4.76. The molecule has 184 valence electrons. The molecular formula is C28H42N6.